The van der Waals surface area contributed by atoms with Crippen molar-refractivity contribution in [3.05, 3.63) is 175 Å². The van der Waals surface area contributed by atoms with Crippen molar-refractivity contribution < 1.29 is 0 Å². The van der Waals surface area contributed by atoms with Crippen molar-refractivity contribution in [1.82, 2.24) is 9.13 Å². The van der Waals surface area contributed by atoms with E-state index in [0.29, 0.717) is 11.3 Å². The van der Waals surface area contributed by atoms with Gasteiger partial charge in [-0.2, -0.15) is 5.26 Å². The number of hydrogen-bond acceptors (Lipinski definition) is 1. The van der Waals surface area contributed by atoms with Gasteiger partial charge in [-0.25, -0.2) is 4.85 Å². The molecule has 0 N–H and O–H groups in total. The van der Waals surface area contributed by atoms with Crippen LogP contribution in [0.2, 0.25) is 0 Å². The zero-order chi connectivity index (χ0) is 32.2. The van der Waals surface area contributed by atoms with Gasteiger partial charge in [0.05, 0.1) is 40.3 Å². The number of rotatable bonds is 4. The molecule has 48 heavy (non-hydrogen) atoms. The molecule has 222 valence electrons. The first-order valence-corrected chi connectivity index (χ1v) is 15.9. The van der Waals surface area contributed by atoms with Crippen molar-refractivity contribution in [3.63, 3.8) is 0 Å². The fourth-order valence-electron chi connectivity index (χ4n) is 7.28. The van der Waals surface area contributed by atoms with Crippen molar-refractivity contribution in [3.8, 4) is 39.7 Å². The smallest absolute Gasteiger partial charge is 0.190 e. The standard InChI is InChI=1S/C44H26N4/c1-46-33-26-32(28-45)44(43(27-33)48-41-19-8-4-15-37(41)38-16-5-9-20-42(38)48)31-12-10-11-30(25-31)29-21-23-34(24-22-29)47-39-17-6-2-13-35(39)36-14-3-7-18-40(36)47/h2-27H. The maximum atomic E-state index is 10.4. The van der Waals surface area contributed by atoms with Gasteiger partial charge >= 0.3 is 0 Å². The maximum absolute atomic E-state index is 10.4. The molecule has 0 saturated carbocycles. The summed E-state index contributed by atoms with van der Waals surface area (Å²) in [6.45, 7) is 7.85. The second-order valence-corrected chi connectivity index (χ2v) is 12.0. The highest BCUT2D eigenvalue weighted by molar-refractivity contribution is 6.10. The molecular formula is C44H26N4. The lowest BCUT2D eigenvalue weighted by Crippen LogP contribution is -2.00. The Morgan fingerprint density at radius 2 is 0.979 bits per heavy atom. The minimum Gasteiger partial charge on any atom is -0.310 e. The minimum absolute atomic E-state index is 0.434. The van der Waals surface area contributed by atoms with Crippen LogP contribution in [0.1, 0.15) is 5.56 Å². The molecule has 0 spiro atoms. The zero-order valence-corrected chi connectivity index (χ0v) is 25.8. The number of nitrogens with zero attached hydrogens (tertiary/aromatic N) is 4. The van der Waals surface area contributed by atoms with E-state index < -0.39 is 0 Å². The fourth-order valence-corrected chi connectivity index (χ4v) is 7.28. The van der Waals surface area contributed by atoms with Gasteiger partial charge in [0, 0.05) is 38.5 Å². The average molecular weight is 611 g/mol. The summed E-state index contributed by atoms with van der Waals surface area (Å²) in [5.74, 6) is 0. The first kappa shape index (κ1) is 27.4. The number of hydrogen-bond donors (Lipinski definition) is 0. The van der Waals surface area contributed by atoms with Crippen LogP contribution >= 0.6 is 0 Å². The van der Waals surface area contributed by atoms with Crippen molar-refractivity contribution in [2.75, 3.05) is 0 Å². The molecule has 0 bridgehead atoms. The molecule has 2 heterocycles. The molecule has 0 saturated heterocycles. The van der Waals surface area contributed by atoms with Gasteiger partial charge in [0.2, 0.25) is 0 Å². The molecule has 7 aromatic carbocycles. The zero-order valence-electron chi connectivity index (χ0n) is 25.8. The molecule has 2 aromatic heterocycles. The molecule has 0 atom stereocenters. The van der Waals surface area contributed by atoms with Crippen molar-refractivity contribution in [1.29, 1.82) is 5.26 Å². The SMILES string of the molecule is [C-]#[N+]c1cc(C#N)c(-c2cccc(-c3ccc(-n4c5ccccc5c5ccccc54)cc3)c2)c(-n2c3ccccc3c3ccccc32)c1. The van der Waals surface area contributed by atoms with Crippen LogP contribution in [0.15, 0.2) is 158 Å². The Labute approximate surface area is 277 Å². The molecule has 0 unspecified atom stereocenters. The Morgan fingerprint density at radius 1 is 0.479 bits per heavy atom. The Kier molecular flexibility index (Phi) is 6.22. The molecule has 9 rings (SSSR count). The number of para-hydroxylation sites is 4. The van der Waals surface area contributed by atoms with Crippen LogP contribution in [0.4, 0.5) is 5.69 Å². The highest BCUT2D eigenvalue weighted by Gasteiger charge is 2.20. The maximum Gasteiger partial charge on any atom is 0.190 e. The summed E-state index contributed by atoms with van der Waals surface area (Å²) >= 11 is 0. The predicted octanol–water partition coefficient (Wildman–Crippen LogP) is 11.6. The van der Waals surface area contributed by atoms with Crippen LogP contribution in [-0.4, -0.2) is 9.13 Å². The summed E-state index contributed by atoms with van der Waals surface area (Å²) in [6.07, 6.45) is 0. The first-order chi connectivity index (χ1) is 23.7. The van der Waals surface area contributed by atoms with E-state index in [1.54, 1.807) is 6.07 Å². The Hall–Kier alpha value is -6.88. The van der Waals surface area contributed by atoms with Gasteiger partial charge < -0.3 is 9.13 Å². The largest absolute Gasteiger partial charge is 0.310 e. The summed E-state index contributed by atoms with van der Waals surface area (Å²) in [4.78, 5) is 3.76. The third-order valence-corrected chi connectivity index (χ3v) is 9.36. The molecule has 0 aliphatic heterocycles. The van der Waals surface area contributed by atoms with E-state index in [2.05, 4.69) is 135 Å². The van der Waals surface area contributed by atoms with Gasteiger partial charge in [-0.1, -0.05) is 103 Å². The van der Waals surface area contributed by atoms with E-state index in [1.165, 1.54) is 21.8 Å². The highest BCUT2D eigenvalue weighted by atomic mass is 15.0. The van der Waals surface area contributed by atoms with Gasteiger partial charge in [0.1, 0.15) is 0 Å². The number of nitriles is 1. The minimum atomic E-state index is 0.434. The Morgan fingerprint density at radius 3 is 1.50 bits per heavy atom. The molecule has 0 radical (unpaired) electrons. The van der Waals surface area contributed by atoms with Crippen LogP contribution < -0.4 is 0 Å². The average Bonchev–Trinajstić information content (AvgIpc) is 3.67. The van der Waals surface area contributed by atoms with Crippen LogP contribution in [0.5, 0.6) is 0 Å². The second kappa shape index (κ2) is 10.9. The topological polar surface area (TPSA) is 38.0 Å². The number of benzene rings is 7. The van der Waals surface area contributed by atoms with E-state index in [1.807, 2.05) is 36.4 Å². The Bertz CT molecular complexity index is 2690. The molecule has 0 aliphatic carbocycles. The third-order valence-electron chi connectivity index (χ3n) is 9.36. The van der Waals surface area contributed by atoms with Crippen LogP contribution in [0, 0.1) is 17.9 Å². The second-order valence-electron chi connectivity index (χ2n) is 12.0. The van der Waals surface area contributed by atoms with E-state index in [-0.39, 0.29) is 0 Å². The van der Waals surface area contributed by atoms with Crippen LogP contribution in [-0.2, 0) is 0 Å². The molecule has 9 aromatic rings. The normalized spacial score (nSPS) is 11.3. The molecule has 0 fully saturated rings. The number of aromatic nitrogens is 2. The van der Waals surface area contributed by atoms with Crippen LogP contribution in [0.25, 0.3) is 82.1 Å². The van der Waals surface area contributed by atoms with Gasteiger partial charge in [0.15, 0.2) is 5.69 Å². The van der Waals surface area contributed by atoms with E-state index in [9.17, 15) is 5.26 Å². The van der Waals surface area contributed by atoms with Gasteiger partial charge in [0.25, 0.3) is 0 Å². The lowest BCUT2D eigenvalue weighted by Gasteiger charge is -2.17. The third kappa shape index (κ3) is 4.14. The van der Waals surface area contributed by atoms with Crippen molar-refractivity contribution in [2.24, 2.45) is 0 Å². The first-order valence-electron chi connectivity index (χ1n) is 15.9. The van der Waals surface area contributed by atoms with Crippen LogP contribution in [0.3, 0.4) is 0 Å². The van der Waals surface area contributed by atoms with E-state index in [0.717, 1.165) is 55.4 Å². The van der Waals surface area contributed by atoms with E-state index in [4.69, 9.17) is 6.57 Å². The van der Waals surface area contributed by atoms with Gasteiger partial charge in [-0.05, 0) is 71.3 Å². The lowest BCUT2D eigenvalue weighted by atomic mass is 9.94. The monoisotopic (exact) mass is 610 g/mol. The summed E-state index contributed by atoms with van der Waals surface area (Å²) in [5.41, 5.74) is 11.1. The molecule has 0 aliphatic rings. The predicted molar refractivity (Wildman–Crippen MR) is 197 cm³/mol. The van der Waals surface area contributed by atoms with Crippen molar-refractivity contribution in [2.45, 2.75) is 0 Å². The molecule has 4 nitrogen and oxygen atoms in total. The summed E-state index contributed by atoms with van der Waals surface area (Å²) in [7, 11) is 0. The van der Waals surface area contributed by atoms with E-state index >= 15 is 0 Å². The number of fused-ring (bicyclic) bond motifs is 6. The Balaban J connectivity index is 1.21. The lowest BCUT2D eigenvalue weighted by molar-refractivity contribution is 1.18. The molecule has 4 heteroatoms. The molecule has 0 amide bonds. The van der Waals surface area contributed by atoms with Gasteiger partial charge in [-0.15, -0.1) is 0 Å². The fraction of sp³-hybridized carbons (Fsp3) is 0. The summed E-state index contributed by atoms with van der Waals surface area (Å²) < 4.78 is 4.52. The summed E-state index contributed by atoms with van der Waals surface area (Å²) in [6, 6.07) is 56.8. The quantitative estimate of drug-likeness (QED) is 0.183. The van der Waals surface area contributed by atoms with Crippen molar-refractivity contribution >= 4 is 49.3 Å². The summed E-state index contributed by atoms with van der Waals surface area (Å²) in [5, 5.41) is 15.2. The van der Waals surface area contributed by atoms with Gasteiger partial charge in [-0.3, -0.25) is 0 Å². The highest BCUT2D eigenvalue weighted by Crippen LogP contribution is 2.41. The molecular weight excluding hydrogens is 585 g/mol.